The Bertz CT molecular complexity index is 601. The number of anilines is 2. The molecular formula is C17H21N3O. The summed E-state index contributed by atoms with van der Waals surface area (Å²) in [6.07, 6.45) is 0. The molecule has 0 bridgehead atoms. The summed E-state index contributed by atoms with van der Waals surface area (Å²) in [6, 6.07) is 16.1. The van der Waals surface area contributed by atoms with Crippen molar-refractivity contribution in [3.8, 4) is 11.1 Å². The van der Waals surface area contributed by atoms with Crippen LogP contribution in [0.4, 0.5) is 16.2 Å². The molecule has 2 aromatic rings. The van der Waals surface area contributed by atoms with Crippen LogP contribution in [-0.4, -0.2) is 39.1 Å². The predicted octanol–water partition coefficient (Wildman–Crippen LogP) is 3.51. The van der Waals surface area contributed by atoms with Crippen LogP contribution in [0.5, 0.6) is 0 Å². The van der Waals surface area contributed by atoms with Crippen molar-refractivity contribution in [3.63, 3.8) is 0 Å². The van der Waals surface area contributed by atoms with Crippen molar-refractivity contribution in [3.05, 3.63) is 48.5 Å². The largest absolute Gasteiger partial charge is 0.378 e. The number of nitrogens with zero attached hydrogens (tertiary/aromatic N) is 2. The van der Waals surface area contributed by atoms with Crippen LogP contribution in [0.25, 0.3) is 11.1 Å². The van der Waals surface area contributed by atoms with Gasteiger partial charge in [-0.2, -0.15) is 0 Å². The van der Waals surface area contributed by atoms with E-state index < -0.39 is 0 Å². The van der Waals surface area contributed by atoms with Crippen molar-refractivity contribution in [1.82, 2.24) is 4.90 Å². The van der Waals surface area contributed by atoms with Crippen molar-refractivity contribution in [2.24, 2.45) is 0 Å². The minimum atomic E-state index is -0.127. The van der Waals surface area contributed by atoms with Crippen LogP contribution >= 0.6 is 0 Å². The highest BCUT2D eigenvalue weighted by molar-refractivity contribution is 5.89. The quantitative estimate of drug-likeness (QED) is 0.935. The standard InChI is InChI=1S/C17H21N3O/c1-19(2)16-11-7-14(8-12-16)13-5-9-15(10-6-13)18-17(21)20(3)4/h5-12H,1-4H3,(H,18,21). The third-order valence-corrected chi connectivity index (χ3v) is 3.26. The Labute approximate surface area is 126 Å². The first-order valence-corrected chi connectivity index (χ1v) is 6.83. The van der Waals surface area contributed by atoms with Crippen molar-refractivity contribution in [1.29, 1.82) is 0 Å². The summed E-state index contributed by atoms with van der Waals surface area (Å²) in [7, 11) is 7.49. The molecule has 0 aliphatic heterocycles. The molecule has 0 aliphatic rings. The molecule has 0 saturated heterocycles. The molecule has 0 fully saturated rings. The third kappa shape index (κ3) is 3.75. The lowest BCUT2D eigenvalue weighted by Gasteiger charge is -2.13. The van der Waals surface area contributed by atoms with Crippen molar-refractivity contribution in [2.75, 3.05) is 38.4 Å². The number of rotatable bonds is 3. The summed E-state index contributed by atoms with van der Waals surface area (Å²) < 4.78 is 0. The lowest BCUT2D eigenvalue weighted by atomic mass is 10.0. The highest BCUT2D eigenvalue weighted by atomic mass is 16.2. The second-order valence-corrected chi connectivity index (χ2v) is 5.34. The molecule has 2 amide bonds. The zero-order chi connectivity index (χ0) is 15.4. The Morgan fingerprint density at radius 1 is 0.810 bits per heavy atom. The van der Waals surface area contributed by atoms with Gasteiger partial charge in [0.15, 0.2) is 0 Å². The van der Waals surface area contributed by atoms with Gasteiger partial charge >= 0.3 is 6.03 Å². The van der Waals surface area contributed by atoms with Crippen molar-refractivity contribution in [2.45, 2.75) is 0 Å². The summed E-state index contributed by atoms with van der Waals surface area (Å²) in [5, 5.41) is 2.82. The lowest BCUT2D eigenvalue weighted by molar-refractivity contribution is 0.230. The van der Waals surface area contributed by atoms with E-state index in [9.17, 15) is 4.79 Å². The Morgan fingerprint density at radius 3 is 1.71 bits per heavy atom. The molecular weight excluding hydrogens is 262 g/mol. The average molecular weight is 283 g/mol. The molecule has 0 spiro atoms. The highest BCUT2D eigenvalue weighted by Gasteiger charge is 2.04. The van der Waals surface area contributed by atoms with Gasteiger partial charge in [0.05, 0.1) is 0 Å². The zero-order valence-electron chi connectivity index (χ0n) is 12.9. The maximum Gasteiger partial charge on any atom is 0.321 e. The van der Waals surface area contributed by atoms with Crippen LogP contribution in [0.1, 0.15) is 0 Å². The molecule has 0 saturated carbocycles. The van der Waals surface area contributed by atoms with Gasteiger partial charge in [-0.15, -0.1) is 0 Å². The Morgan fingerprint density at radius 2 is 1.29 bits per heavy atom. The second-order valence-electron chi connectivity index (χ2n) is 5.34. The number of hydrogen-bond donors (Lipinski definition) is 1. The molecule has 2 rings (SSSR count). The van der Waals surface area contributed by atoms with Gasteiger partial charge in [0, 0.05) is 39.6 Å². The number of nitrogens with one attached hydrogen (secondary N) is 1. The van der Waals surface area contributed by atoms with Gasteiger partial charge in [-0.05, 0) is 35.4 Å². The normalized spacial score (nSPS) is 10.1. The molecule has 0 heterocycles. The van der Waals surface area contributed by atoms with Gasteiger partial charge in [0.2, 0.25) is 0 Å². The summed E-state index contributed by atoms with van der Waals surface area (Å²) in [5.74, 6) is 0. The molecule has 110 valence electrons. The minimum absolute atomic E-state index is 0.127. The van der Waals surface area contributed by atoms with Gasteiger partial charge in [-0.3, -0.25) is 0 Å². The van der Waals surface area contributed by atoms with Crippen LogP contribution in [-0.2, 0) is 0 Å². The van der Waals surface area contributed by atoms with Crippen LogP contribution in [0.3, 0.4) is 0 Å². The van der Waals surface area contributed by atoms with E-state index in [0.717, 1.165) is 16.8 Å². The number of hydrogen-bond acceptors (Lipinski definition) is 2. The first-order valence-electron chi connectivity index (χ1n) is 6.83. The SMILES string of the molecule is CN(C)C(=O)Nc1ccc(-c2ccc(N(C)C)cc2)cc1. The molecule has 0 atom stereocenters. The molecule has 0 aromatic heterocycles. The fourth-order valence-corrected chi connectivity index (χ4v) is 1.93. The van der Waals surface area contributed by atoms with Gasteiger partial charge in [-0.1, -0.05) is 24.3 Å². The summed E-state index contributed by atoms with van der Waals surface area (Å²) in [4.78, 5) is 15.2. The molecule has 0 aliphatic carbocycles. The first kappa shape index (κ1) is 14.9. The smallest absolute Gasteiger partial charge is 0.321 e. The van der Waals surface area contributed by atoms with Gasteiger partial charge in [0.25, 0.3) is 0 Å². The Kier molecular flexibility index (Phi) is 4.48. The van der Waals surface area contributed by atoms with Crippen molar-refractivity contribution < 1.29 is 4.79 Å². The average Bonchev–Trinajstić information content (AvgIpc) is 2.48. The number of amides is 2. The third-order valence-electron chi connectivity index (χ3n) is 3.26. The molecule has 1 N–H and O–H groups in total. The van der Waals surface area contributed by atoms with E-state index in [-0.39, 0.29) is 6.03 Å². The fourth-order valence-electron chi connectivity index (χ4n) is 1.93. The summed E-state index contributed by atoms with van der Waals surface area (Å²) in [6.45, 7) is 0. The number of urea groups is 1. The van der Waals surface area contributed by atoms with Gasteiger partial charge in [-0.25, -0.2) is 4.79 Å². The predicted molar refractivity (Wildman–Crippen MR) is 88.9 cm³/mol. The lowest BCUT2D eigenvalue weighted by Crippen LogP contribution is -2.27. The maximum absolute atomic E-state index is 11.6. The topological polar surface area (TPSA) is 35.6 Å². The number of carbonyl (C=O) groups is 1. The minimum Gasteiger partial charge on any atom is -0.378 e. The highest BCUT2D eigenvalue weighted by Crippen LogP contribution is 2.24. The molecule has 4 heteroatoms. The van der Waals surface area contributed by atoms with Gasteiger partial charge < -0.3 is 15.1 Å². The zero-order valence-corrected chi connectivity index (χ0v) is 12.9. The second kappa shape index (κ2) is 6.31. The molecule has 4 nitrogen and oxygen atoms in total. The van der Waals surface area contributed by atoms with E-state index in [1.165, 1.54) is 10.6 Å². The van der Waals surface area contributed by atoms with Crippen LogP contribution in [0, 0.1) is 0 Å². The van der Waals surface area contributed by atoms with E-state index in [4.69, 9.17) is 0 Å². The van der Waals surface area contributed by atoms with E-state index >= 15 is 0 Å². The maximum atomic E-state index is 11.6. The van der Waals surface area contributed by atoms with E-state index in [0.29, 0.717) is 0 Å². The van der Waals surface area contributed by atoms with Crippen LogP contribution < -0.4 is 10.2 Å². The molecule has 0 unspecified atom stereocenters. The van der Waals surface area contributed by atoms with E-state index in [1.54, 1.807) is 14.1 Å². The van der Waals surface area contributed by atoms with E-state index in [1.807, 2.05) is 38.4 Å². The molecule has 2 aromatic carbocycles. The van der Waals surface area contributed by atoms with E-state index in [2.05, 4.69) is 34.5 Å². The fraction of sp³-hybridized carbons (Fsp3) is 0.235. The summed E-state index contributed by atoms with van der Waals surface area (Å²) >= 11 is 0. The molecule has 21 heavy (non-hydrogen) atoms. The van der Waals surface area contributed by atoms with Crippen LogP contribution in [0.2, 0.25) is 0 Å². The summed E-state index contributed by atoms with van der Waals surface area (Å²) in [5.41, 5.74) is 4.25. The Balaban J connectivity index is 2.13. The molecule has 0 radical (unpaired) electrons. The van der Waals surface area contributed by atoms with Crippen LogP contribution in [0.15, 0.2) is 48.5 Å². The number of carbonyl (C=O) groups excluding carboxylic acids is 1. The first-order chi connectivity index (χ1) is 9.97. The monoisotopic (exact) mass is 283 g/mol. The van der Waals surface area contributed by atoms with Crippen molar-refractivity contribution >= 4 is 17.4 Å². The number of benzene rings is 2. The van der Waals surface area contributed by atoms with Gasteiger partial charge in [0.1, 0.15) is 0 Å². The Hall–Kier alpha value is -2.49.